The molecule has 1 aliphatic rings. The molecule has 1 N–H and O–H groups in total. The Morgan fingerprint density at radius 2 is 2.18 bits per heavy atom. The number of rotatable bonds is 2. The Bertz CT molecular complexity index is 701. The Hall–Kier alpha value is -1.23. The molecule has 22 heavy (non-hydrogen) atoms. The lowest BCUT2D eigenvalue weighted by Crippen LogP contribution is -2.45. The van der Waals surface area contributed by atoms with Crippen LogP contribution >= 0.6 is 34.5 Å². The van der Waals surface area contributed by atoms with E-state index in [0.717, 1.165) is 17.5 Å². The largest absolute Gasteiger partial charge is 0.338 e. The van der Waals surface area contributed by atoms with Gasteiger partial charge in [-0.05, 0) is 48.1 Å². The van der Waals surface area contributed by atoms with E-state index >= 15 is 0 Å². The van der Waals surface area contributed by atoms with Gasteiger partial charge in [-0.2, -0.15) is 0 Å². The molecule has 6 heteroatoms. The van der Waals surface area contributed by atoms with E-state index in [9.17, 15) is 4.79 Å². The van der Waals surface area contributed by atoms with Crippen LogP contribution in [0.2, 0.25) is 10.0 Å². The minimum Gasteiger partial charge on any atom is -0.338 e. The van der Waals surface area contributed by atoms with Gasteiger partial charge in [-0.1, -0.05) is 29.3 Å². The van der Waals surface area contributed by atoms with Crippen LogP contribution in [0.3, 0.4) is 0 Å². The summed E-state index contributed by atoms with van der Waals surface area (Å²) in [4.78, 5) is 15.6. The monoisotopic (exact) mass is 354 g/mol. The van der Waals surface area contributed by atoms with Gasteiger partial charge in [0.15, 0.2) is 0 Å². The number of halogens is 2. The molecule has 2 aromatic rings. The van der Waals surface area contributed by atoms with E-state index in [4.69, 9.17) is 23.2 Å². The van der Waals surface area contributed by atoms with Crippen LogP contribution in [0.1, 0.15) is 29.0 Å². The number of carbonyl (C=O) groups is 1. The summed E-state index contributed by atoms with van der Waals surface area (Å²) in [7, 11) is 0. The van der Waals surface area contributed by atoms with Crippen molar-refractivity contribution in [2.45, 2.75) is 19.4 Å². The van der Waals surface area contributed by atoms with Crippen LogP contribution in [0, 0.1) is 0 Å². The van der Waals surface area contributed by atoms with Gasteiger partial charge in [0.2, 0.25) is 0 Å². The van der Waals surface area contributed by atoms with Crippen LogP contribution in [-0.4, -0.2) is 24.0 Å². The molecule has 0 bridgehead atoms. The Morgan fingerprint density at radius 3 is 2.91 bits per heavy atom. The summed E-state index contributed by atoms with van der Waals surface area (Å²) in [5, 5.41) is 6.15. The molecule has 1 aromatic heterocycles. The lowest BCUT2D eigenvalue weighted by atomic mass is 9.93. The number of hydrogen-bond donors (Lipinski definition) is 1. The highest BCUT2D eigenvalue weighted by molar-refractivity contribution is 7.10. The molecule has 1 aliphatic heterocycles. The third kappa shape index (κ3) is 2.83. The fourth-order valence-corrected chi connectivity index (χ4v) is 4.26. The highest BCUT2D eigenvalue weighted by Gasteiger charge is 2.33. The zero-order chi connectivity index (χ0) is 15.7. The highest BCUT2D eigenvalue weighted by Crippen LogP contribution is 2.40. The first-order valence-electron chi connectivity index (χ1n) is 7.17. The van der Waals surface area contributed by atoms with Gasteiger partial charge in [0.1, 0.15) is 0 Å². The molecule has 0 spiro atoms. The van der Waals surface area contributed by atoms with Crippen LogP contribution in [0.4, 0.5) is 4.79 Å². The van der Waals surface area contributed by atoms with E-state index < -0.39 is 0 Å². The van der Waals surface area contributed by atoms with Gasteiger partial charge in [0, 0.05) is 28.0 Å². The molecule has 0 aliphatic carbocycles. The summed E-state index contributed by atoms with van der Waals surface area (Å²) >= 11 is 14.1. The van der Waals surface area contributed by atoms with Gasteiger partial charge in [-0.3, -0.25) is 0 Å². The van der Waals surface area contributed by atoms with Crippen LogP contribution in [-0.2, 0) is 6.42 Å². The molecule has 3 rings (SSSR count). The molecule has 1 atom stereocenters. The zero-order valence-corrected chi connectivity index (χ0v) is 14.4. The molecule has 1 aromatic carbocycles. The average molecular weight is 355 g/mol. The van der Waals surface area contributed by atoms with Crippen LogP contribution in [0.15, 0.2) is 29.6 Å². The van der Waals surface area contributed by atoms with Gasteiger partial charge in [-0.15, -0.1) is 11.3 Å². The van der Waals surface area contributed by atoms with Crippen molar-refractivity contribution in [1.29, 1.82) is 0 Å². The van der Waals surface area contributed by atoms with Crippen molar-refractivity contribution >= 4 is 40.6 Å². The highest BCUT2D eigenvalue weighted by atomic mass is 35.5. The van der Waals surface area contributed by atoms with Gasteiger partial charge >= 0.3 is 6.03 Å². The minimum absolute atomic E-state index is 0.0598. The van der Waals surface area contributed by atoms with E-state index in [1.165, 1.54) is 4.88 Å². The van der Waals surface area contributed by atoms with Crippen molar-refractivity contribution in [3.8, 4) is 0 Å². The number of carbonyl (C=O) groups excluding carboxylic acids is 1. The lowest BCUT2D eigenvalue weighted by Gasteiger charge is -2.36. The number of nitrogens with zero attached hydrogens (tertiary/aromatic N) is 1. The zero-order valence-electron chi connectivity index (χ0n) is 12.1. The molecule has 0 saturated heterocycles. The lowest BCUT2D eigenvalue weighted by molar-refractivity contribution is 0.181. The van der Waals surface area contributed by atoms with Crippen LogP contribution < -0.4 is 5.32 Å². The van der Waals surface area contributed by atoms with Crippen molar-refractivity contribution in [3.63, 3.8) is 0 Å². The van der Waals surface area contributed by atoms with Gasteiger partial charge in [0.25, 0.3) is 0 Å². The van der Waals surface area contributed by atoms with Gasteiger partial charge in [-0.25, -0.2) is 4.79 Å². The Kier molecular flexibility index (Phi) is 4.62. The number of amides is 2. The van der Waals surface area contributed by atoms with Gasteiger partial charge in [0.05, 0.1) is 6.04 Å². The number of benzene rings is 1. The van der Waals surface area contributed by atoms with Crippen LogP contribution in [0.25, 0.3) is 0 Å². The molecule has 0 radical (unpaired) electrons. The van der Waals surface area contributed by atoms with E-state index in [-0.39, 0.29) is 12.1 Å². The molecular formula is C16H16Cl2N2OS. The smallest absolute Gasteiger partial charge is 0.318 e. The second-order valence-electron chi connectivity index (χ2n) is 5.15. The number of urea groups is 1. The second-order valence-corrected chi connectivity index (χ2v) is 6.99. The molecule has 0 saturated carbocycles. The third-order valence-corrected chi connectivity index (χ3v) is 5.37. The Morgan fingerprint density at radius 1 is 1.36 bits per heavy atom. The summed E-state index contributed by atoms with van der Waals surface area (Å²) < 4.78 is 0. The van der Waals surface area contributed by atoms with E-state index in [0.29, 0.717) is 23.1 Å². The maximum absolute atomic E-state index is 12.4. The second kappa shape index (κ2) is 6.49. The minimum atomic E-state index is -0.161. The third-order valence-electron chi connectivity index (χ3n) is 3.81. The fraction of sp³-hybridized carbons (Fsp3) is 0.312. The molecule has 0 unspecified atom stereocenters. The molecular weight excluding hydrogens is 339 g/mol. The Balaban J connectivity index is 2.07. The summed E-state index contributed by atoms with van der Waals surface area (Å²) in [6, 6.07) is 7.32. The molecule has 2 amide bonds. The van der Waals surface area contributed by atoms with Crippen LogP contribution in [0.5, 0.6) is 0 Å². The maximum atomic E-state index is 12.4. The number of hydrogen-bond acceptors (Lipinski definition) is 2. The summed E-state index contributed by atoms with van der Waals surface area (Å²) in [6.07, 6.45) is 0.881. The van der Waals surface area contributed by atoms with E-state index in [1.54, 1.807) is 17.4 Å². The summed E-state index contributed by atoms with van der Waals surface area (Å²) in [5.74, 6) is 0. The first-order valence-corrected chi connectivity index (χ1v) is 8.81. The Labute approximate surface area is 143 Å². The molecule has 116 valence electrons. The molecule has 2 heterocycles. The topological polar surface area (TPSA) is 32.3 Å². The van der Waals surface area contributed by atoms with Crippen molar-refractivity contribution in [2.24, 2.45) is 0 Å². The predicted molar refractivity (Wildman–Crippen MR) is 92.1 cm³/mol. The maximum Gasteiger partial charge on any atom is 0.318 e. The van der Waals surface area contributed by atoms with Crippen molar-refractivity contribution in [3.05, 3.63) is 55.7 Å². The standard InChI is InChI=1S/C16H16Cl2N2OS/c1-2-19-16(21)20-7-5-14-12(6-8-22-14)15(20)11-4-3-10(17)9-13(11)18/h3-4,6,8-9,15H,2,5,7H2,1H3,(H,19,21)/t15-/m0/s1. The number of fused-ring (bicyclic) bond motifs is 1. The van der Waals surface area contributed by atoms with E-state index in [2.05, 4.69) is 16.8 Å². The quantitative estimate of drug-likeness (QED) is 0.830. The van der Waals surface area contributed by atoms with Gasteiger partial charge < -0.3 is 10.2 Å². The average Bonchev–Trinajstić information content (AvgIpc) is 2.95. The first-order chi connectivity index (χ1) is 10.6. The molecule has 3 nitrogen and oxygen atoms in total. The van der Waals surface area contributed by atoms with Crippen molar-refractivity contribution in [1.82, 2.24) is 10.2 Å². The number of nitrogens with one attached hydrogen (secondary N) is 1. The molecule has 0 fully saturated rings. The first kappa shape index (κ1) is 15.7. The van der Waals surface area contributed by atoms with Crippen molar-refractivity contribution < 1.29 is 4.79 Å². The van der Waals surface area contributed by atoms with E-state index in [1.807, 2.05) is 24.0 Å². The normalized spacial score (nSPS) is 17.2. The summed E-state index contributed by atoms with van der Waals surface area (Å²) in [6.45, 7) is 3.21. The number of thiophene rings is 1. The van der Waals surface area contributed by atoms with Crippen molar-refractivity contribution in [2.75, 3.05) is 13.1 Å². The fourth-order valence-electron chi connectivity index (χ4n) is 2.85. The predicted octanol–water partition coefficient (Wildman–Crippen LogP) is 4.73. The summed E-state index contributed by atoms with van der Waals surface area (Å²) in [5.41, 5.74) is 2.07. The SMILES string of the molecule is CCNC(=O)N1CCc2sccc2[C@@H]1c1ccc(Cl)cc1Cl.